The third-order valence-electron chi connectivity index (χ3n) is 2.17. The lowest BCUT2D eigenvalue weighted by Crippen LogP contribution is -1.90. The van der Waals surface area contributed by atoms with Gasteiger partial charge in [-0.05, 0) is 12.5 Å². The lowest BCUT2D eigenvalue weighted by atomic mass is 10.2. The van der Waals surface area contributed by atoms with Crippen molar-refractivity contribution in [1.29, 1.82) is 0 Å². The molecule has 0 saturated carbocycles. The van der Waals surface area contributed by atoms with Gasteiger partial charge in [0.25, 0.3) is 0 Å². The van der Waals surface area contributed by atoms with Gasteiger partial charge in [0.15, 0.2) is 0 Å². The van der Waals surface area contributed by atoms with E-state index < -0.39 is 0 Å². The van der Waals surface area contributed by atoms with Gasteiger partial charge in [0.1, 0.15) is 5.52 Å². The van der Waals surface area contributed by atoms with Crippen molar-refractivity contribution in [3.05, 3.63) is 24.3 Å². The minimum Gasteiger partial charge on any atom is -0.334 e. The van der Waals surface area contributed by atoms with Crippen LogP contribution < -0.4 is 0 Å². The first-order valence-corrected chi connectivity index (χ1v) is 4.57. The van der Waals surface area contributed by atoms with Crippen LogP contribution >= 0.6 is 0 Å². The molecule has 0 atom stereocenters. The standard InChI is InChI=1S/C10H13N3/c1-3-4-8-5-10-9(6-11-8)12-7-13(10)2/h5-7H,3-4H2,1-2H3. The molecule has 2 rings (SSSR count). The summed E-state index contributed by atoms with van der Waals surface area (Å²) < 4.78 is 2.02. The topological polar surface area (TPSA) is 30.7 Å². The van der Waals surface area contributed by atoms with Crippen molar-refractivity contribution in [3.8, 4) is 0 Å². The lowest BCUT2D eigenvalue weighted by Gasteiger charge is -1.98. The highest BCUT2D eigenvalue weighted by Gasteiger charge is 2.00. The molecule has 0 fully saturated rings. The largest absolute Gasteiger partial charge is 0.334 e. The summed E-state index contributed by atoms with van der Waals surface area (Å²) in [6.45, 7) is 2.16. The first kappa shape index (κ1) is 8.23. The molecule has 2 aromatic rings. The van der Waals surface area contributed by atoms with Gasteiger partial charge in [-0.25, -0.2) is 4.98 Å². The van der Waals surface area contributed by atoms with Crippen LogP contribution in [-0.2, 0) is 13.5 Å². The van der Waals surface area contributed by atoms with E-state index in [1.165, 1.54) is 5.52 Å². The van der Waals surface area contributed by atoms with Crippen LogP contribution in [0.25, 0.3) is 11.0 Å². The molecule has 0 bridgehead atoms. The molecule has 0 aliphatic heterocycles. The van der Waals surface area contributed by atoms with Gasteiger partial charge in [0.2, 0.25) is 0 Å². The minimum atomic E-state index is 0.974. The Bertz CT molecular complexity index is 417. The van der Waals surface area contributed by atoms with Crippen LogP contribution in [0.5, 0.6) is 0 Å². The lowest BCUT2D eigenvalue weighted by molar-refractivity contribution is 0.881. The summed E-state index contributed by atoms with van der Waals surface area (Å²) in [4.78, 5) is 8.55. The first-order chi connectivity index (χ1) is 6.31. The summed E-state index contributed by atoms with van der Waals surface area (Å²) in [5.41, 5.74) is 3.29. The van der Waals surface area contributed by atoms with Crippen molar-refractivity contribution in [3.63, 3.8) is 0 Å². The van der Waals surface area contributed by atoms with E-state index >= 15 is 0 Å². The van der Waals surface area contributed by atoms with Crippen molar-refractivity contribution in [2.45, 2.75) is 19.8 Å². The number of hydrogen-bond acceptors (Lipinski definition) is 2. The van der Waals surface area contributed by atoms with E-state index in [2.05, 4.69) is 23.0 Å². The van der Waals surface area contributed by atoms with Crippen LogP contribution in [0.4, 0.5) is 0 Å². The second-order valence-corrected chi connectivity index (χ2v) is 3.27. The zero-order valence-corrected chi connectivity index (χ0v) is 7.99. The summed E-state index contributed by atoms with van der Waals surface area (Å²) in [6.07, 6.45) is 5.85. The number of pyridine rings is 1. The van der Waals surface area contributed by atoms with Gasteiger partial charge in [-0.15, -0.1) is 0 Å². The van der Waals surface area contributed by atoms with Crippen molar-refractivity contribution in [2.75, 3.05) is 0 Å². The Morgan fingerprint density at radius 3 is 3.00 bits per heavy atom. The first-order valence-electron chi connectivity index (χ1n) is 4.57. The van der Waals surface area contributed by atoms with Gasteiger partial charge < -0.3 is 4.57 Å². The second-order valence-electron chi connectivity index (χ2n) is 3.27. The Labute approximate surface area is 77.4 Å². The van der Waals surface area contributed by atoms with E-state index in [1.807, 2.05) is 24.1 Å². The highest BCUT2D eigenvalue weighted by molar-refractivity contribution is 5.74. The van der Waals surface area contributed by atoms with E-state index in [4.69, 9.17) is 0 Å². The van der Waals surface area contributed by atoms with Gasteiger partial charge >= 0.3 is 0 Å². The Morgan fingerprint density at radius 2 is 2.23 bits per heavy atom. The molecular weight excluding hydrogens is 162 g/mol. The summed E-state index contributed by atoms with van der Waals surface area (Å²) in [6, 6.07) is 2.12. The molecule has 0 aliphatic rings. The highest BCUT2D eigenvalue weighted by Crippen LogP contribution is 2.12. The third-order valence-corrected chi connectivity index (χ3v) is 2.17. The zero-order valence-electron chi connectivity index (χ0n) is 7.99. The average Bonchev–Trinajstić information content (AvgIpc) is 2.49. The van der Waals surface area contributed by atoms with Crippen molar-refractivity contribution in [1.82, 2.24) is 14.5 Å². The van der Waals surface area contributed by atoms with E-state index in [0.717, 1.165) is 24.1 Å². The molecule has 0 amide bonds. The molecule has 3 nitrogen and oxygen atoms in total. The summed E-state index contributed by atoms with van der Waals surface area (Å²) in [7, 11) is 2.01. The average molecular weight is 175 g/mol. The predicted molar refractivity (Wildman–Crippen MR) is 52.5 cm³/mol. The van der Waals surface area contributed by atoms with Crippen LogP contribution in [-0.4, -0.2) is 14.5 Å². The normalized spacial score (nSPS) is 10.9. The molecule has 3 heteroatoms. The maximum Gasteiger partial charge on any atom is 0.107 e. The Morgan fingerprint density at radius 1 is 1.38 bits per heavy atom. The third kappa shape index (κ3) is 1.41. The van der Waals surface area contributed by atoms with Crippen LogP contribution in [0.3, 0.4) is 0 Å². The number of rotatable bonds is 2. The second kappa shape index (κ2) is 3.17. The molecule has 68 valence electrons. The van der Waals surface area contributed by atoms with Crippen LogP contribution in [0.1, 0.15) is 19.0 Å². The maximum atomic E-state index is 4.33. The van der Waals surface area contributed by atoms with Gasteiger partial charge in [-0.1, -0.05) is 13.3 Å². The van der Waals surface area contributed by atoms with Gasteiger partial charge in [0.05, 0.1) is 18.0 Å². The smallest absolute Gasteiger partial charge is 0.107 e. The quantitative estimate of drug-likeness (QED) is 0.698. The Kier molecular flexibility index (Phi) is 2.00. The molecule has 0 spiro atoms. The molecule has 2 aromatic heterocycles. The number of aryl methyl sites for hydroxylation is 2. The van der Waals surface area contributed by atoms with Crippen molar-refractivity contribution >= 4 is 11.0 Å². The molecule has 2 heterocycles. The Balaban J connectivity index is 2.53. The van der Waals surface area contributed by atoms with E-state index in [9.17, 15) is 0 Å². The summed E-state index contributed by atoms with van der Waals surface area (Å²) in [5, 5.41) is 0. The Hall–Kier alpha value is -1.38. The monoisotopic (exact) mass is 175 g/mol. The number of aromatic nitrogens is 3. The maximum absolute atomic E-state index is 4.33. The fourth-order valence-corrected chi connectivity index (χ4v) is 1.47. The molecule has 13 heavy (non-hydrogen) atoms. The summed E-state index contributed by atoms with van der Waals surface area (Å²) in [5.74, 6) is 0. The molecular formula is C10H13N3. The fourth-order valence-electron chi connectivity index (χ4n) is 1.47. The number of imidazole rings is 1. The van der Waals surface area contributed by atoms with Crippen molar-refractivity contribution < 1.29 is 0 Å². The van der Waals surface area contributed by atoms with E-state index in [1.54, 1.807) is 0 Å². The highest BCUT2D eigenvalue weighted by atomic mass is 15.0. The van der Waals surface area contributed by atoms with Crippen molar-refractivity contribution in [2.24, 2.45) is 7.05 Å². The minimum absolute atomic E-state index is 0.974. The van der Waals surface area contributed by atoms with Gasteiger partial charge in [-0.3, -0.25) is 4.98 Å². The van der Waals surface area contributed by atoms with Crippen LogP contribution in [0.2, 0.25) is 0 Å². The van der Waals surface area contributed by atoms with Crippen LogP contribution in [0.15, 0.2) is 18.6 Å². The molecule has 0 aliphatic carbocycles. The molecule has 0 aromatic carbocycles. The number of fused-ring (bicyclic) bond motifs is 1. The number of hydrogen-bond donors (Lipinski definition) is 0. The number of nitrogens with zero attached hydrogens (tertiary/aromatic N) is 3. The molecule has 0 radical (unpaired) electrons. The van der Waals surface area contributed by atoms with Crippen LogP contribution in [0, 0.1) is 0 Å². The molecule has 0 N–H and O–H groups in total. The SMILES string of the molecule is CCCc1cc2c(cn1)ncn2C. The predicted octanol–water partition coefficient (Wildman–Crippen LogP) is 1.92. The van der Waals surface area contributed by atoms with Gasteiger partial charge in [0, 0.05) is 12.7 Å². The fraction of sp³-hybridized carbons (Fsp3) is 0.400. The zero-order chi connectivity index (χ0) is 9.26. The molecule has 0 unspecified atom stereocenters. The van der Waals surface area contributed by atoms with E-state index in [0.29, 0.717) is 0 Å². The molecule has 0 saturated heterocycles. The summed E-state index contributed by atoms with van der Waals surface area (Å²) >= 11 is 0. The van der Waals surface area contributed by atoms with E-state index in [-0.39, 0.29) is 0 Å². The van der Waals surface area contributed by atoms with Gasteiger partial charge in [-0.2, -0.15) is 0 Å².